The number of rotatable bonds is 5. The molecule has 0 bridgehead atoms. The zero-order valence-electron chi connectivity index (χ0n) is 11.7. The Balaban J connectivity index is 0.00000161. The molecule has 0 unspecified atom stereocenters. The largest absolute Gasteiger partial charge is 0.354 e. The molecule has 2 amide bonds. The molecule has 1 fully saturated rings. The third-order valence-corrected chi connectivity index (χ3v) is 3.72. The standard InChI is InChI=1S/C13H19N5O2.ClH/c19-11(15-5-8-1-2-8)7-16-13(20)12-9-6-14-4-3-10(9)17-18-12;/h8,14H,1-7H2,(H,15,19)(H,16,20)(H,17,18);1H. The van der Waals surface area contributed by atoms with Crippen molar-refractivity contribution >= 4 is 24.2 Å². The van der Waals surface area contributed by atoms with Gasteiger partial charge in [0.15, 0.2) is 5.69 Å². The van der Waals surface area contributed by atoms with Crippen LogP contribution in [0.25, 0.3) is 0 Å². The third-order valence-electron chi connectivity index (χ3n) is 3.72. The van der Waals surface area contributed by atoms with E-state index in [4.69, 9.17) is 0 Å². The Kier molecular flexibility index (Phi) is 5.19. The second kappa shape index (κ2) is 6.91. The van der Waals surface area contributed by atoms with Crippen molar-refractivity contribution in [3.63, 3.8) is 0 Å². The van der Waals surface area contributed by atoms with E-state index in [0.717, 1.165) is 30.8 Å². The van der Waals surface area contributed by atoms with Crippen molar-refractivity contribution in [3.05, 3.63) is 17.0 Å². The Morgan fingerprint density at radius 2 is 2.10 bits per heavy atom. The number of fused-ring (bicyclic) bond motifs is 1. The van der Waals surface area contributed by atoms with Gasteiger partial charge in [-0.05, 0) is 18.8 Å². The molecule has 0 saturated heterocycles. The minimum Gasteiger partial charge on any atom is -0.354 e. The molecule has 0 atom stereocenters. The smallest absolute Gasteiger partial charge is 0.272 e. The topological polar surface area (TPSA) is 98.9 Å². The minimum atomic E-state index is -0.298. The Morgan fingerprint density at radius 3 is 2.86 bits per heavy atom. The molecule has 4 N–H and O–H groups in total. The summed E-state index contributed by atoms with van der Waals surface area (Å²) in [5, 5.41) is 15.6. The highest BCUT2D eigenvalue weighted by Crippen LogP contribution is 2.27. The molecule has 0 spiro atoms. The maximum atomic E-state index is 12.0. The van der Waals surface area contributed by atoms with E-state index in [-0.39, 0.29) is 30.8 Å². The second-order valence-electron chi connectivity index (χ2n) is 5.39. The lowest BCUT2D eigenvalue weighted by atomic mass is 10.1. The van der Waals surface area contributed by atoms with Crippen LogP contribution in [0.1, 0.15) is 34.6 Å². The first kappa shape index (κ1) is 15.8. The van der Waals surface area contributed by atoms with E-state index in [1.807, 2.05) is 0 Å². The maximum Gasteiger partial charge on any atom is 0.272 e. The van der Waals surface area contributed by atoms with Crippen LogP contribution in [0.3, 0.4) is 0 Å². The summed E-state index contributed by atoms with van der Waals surface area (Å²) in [4.78, 5) is 23.6. The summed E-state index contributed by atoms with van der Waals surface area (Å²) in [5.41, 5.74) is 2.31. The first-order valence-corrected chi connectivity index (χ1v) is 7.06. The van der Waals surface area contributed by atoms with Crippen LogP contribution >= 0.6 is 12.4 Å². The molecule has 1 aromatic heterocycles. The van der Waals surface area contributed by atoms with Gasteiger partial charge in [-0.3, -0.25) is 14.7 Å². The van der Waals surface area contributed by atoms with E-state index in [9.17, 15) is 9.59 Å². The quantitative estimate of drug-likeness (QED) is 0.601. The van der Waals surface area contributed by atoms with Crippen molar-refractivity contribution in [2.45, 2.75) is 25.8 Å². The van der Waals surface area contributed by atoms with Crippen molar-refractivity contribution in [2.24, 2.45) is 5.92 Å². The number of hydrogen-bond donors (Lipinski definition) is 4. The van der Waals surface area contributed by atoms with Crippen LogP contribution < -0.4 is 16.0 Å². The van der Waals surface area contributed by atoms with Gasteiger partial charge in [-0.1, -0.05) is 0 Å². The van der Waals surface area contributed by atoms with Gasteiger partial charge in [-0.25, -0.2) is 0 Å². The van der Waals surface area contributed by atoms with E-state index in [1.54, 1.807) is 0 Å². The molecule has 1 saturated carbocycles. The highest BCUT2D eigenvalue weighted by atomic mass is 35.5. The Morgan fingerprint density at radius 1 is 1.29 bits per heavy atom. The van der Waals surface area contributed by atoms with Gasteiger partial charge in [0, 0.05) is 37.3 Å². The van der Waals surface area contributed by atoms with Crippen molar-refractivity contribution < 1.29 is 9.59 Å². The molecule has 0 radical (unpaired) electrons. The van der Waals surface area contributed by atoms with Gasteiger partial charge in [-0.2, -0.15) is 5.10 Å². The summed E-state index contributed by atoms with van der Waals surface area (Å²) in [5.74, 6) is 0.194. The number of aromatic nitrogens is 2. The van der Waals surface area contributed by atoms with Gasteiger partial charge < -0.3 is 16.0 Å². The fourth-order valence-electron chi connectivity index (χ4n) is 2.30. The van der Waals surface area contributed by atoms with Crippen molar-refractivity contribution in [2.75, 3.05) is 19.6 Å². The second-order valence-corrected chi connectivity index (χ2v) is 5.39. The van der Waals surface area contributed by atoms with Crippen molar-refractivity contribution in [1.29, 1.82) is 0 Å². The number of nitrogens with zero attached hydrogens (tertiary/aromatic N) is 1. The normalized spacial score (nSPS) is 16.6. The van der Waals surface area contributed by atoms with Crippen LogP contribution in [-0.4, -0.2) is 41.6 Å². The lowest BCUT2D eigenvalue weighted by molar-refractivity contribution is -0.120. The first-order valence-electron chi connectivity index (χ1n) is 7.06. The van der Waals surface area contributed by atoms with Gasteiger partial charge in [0.1, 0.15) is 0 Å². The molecule has 1 aromatic rings. The van der Waals surface area contributed by atoms with Gasteiger partial charge in [0.05, 0.1) is 6.54 Å². The predicted molar refractivity (Wildman–Crippen MR) is 79.3 cm³/mol. The Labute approximate surface area is 129 Å². The van der Waals surface area contributed by atoms with Crippen LogP contribution in [0, 0.1) is 5.92 Å². The average molecular weight is 314 g/mol. The minimum absolute atomic E-state index is 0. The third kappa shape index (κ3) is 3.95. The molecule has 116 valence electrons. The highest BCUT2D eigenvalue weighted by Gasteiger charge is 2.23. The van der Waals surface area contributed by atoms with E-state index >= 15 is 0 Å². The number of carbonyl (C=O) groups excluding carboxylic acids is 2. The van der Waals surface area contributed by atoms with Crippen molar-refractivity contribution in [3.8, 4) is 0 Å². The summed E-state index contributed by atoms with van der Waals surface area (Å²) in [6.07, 6.45) is 3.23. The highest BCUT2D eigenvalue weighted by molar-refractivity contribution is 5.96. The summed E-state index contributed by atoms with van der Waals surface area (Å²) in [6.45, 7) is 2.25. The summed E-state index contributed by atoms with van der Waals surface area (Å²) < 4.78 is 0. The van der Waals surface area contributed by atoms with E-state index in [0.29, 0.717) is 18.2 Å². The van der Waals surface area contributed by atoms with Crippen LogP contribution in [0.5, 0.6) is 0 Å². The van der Waals surface area contributed by atoms with Crippen LogP contribution in [0.15, 0.2) is 0 Å². The summed E-state index contributed by atoms with van der Waals surface area (Å²) in [7, 11) is 0. The Hall–Kier alpha value is -1.60. The zero-order valence-corrected chi connectivity index (χ0v) is 12.5. The average Bonchev–Trinajstić information content (AvgIpc) is 3.20. The number of hydrogen-bond acceptors (Lipinski definition) is 4. The van der Waals surface area contributed by atoms with E-state index in [2.05, 4.69) is 26.1 Å². The Bertz CT molecular complexity index is 527. The molecule has 2 aliphatic rings. The predicted octanol–water partition coefficient (Wildman–Crippen LogP) is -0.267. The molecule has 1 aliphatic carbocycles. The maximum absolute atomic E-state index is 12.0. The number of nitrogens with one attached hydrogen (secondary N) is 4. The van der Waals surface area contributed by atoms with Crippen LogP contribution in [0.2, 0.25) is 0 Å². The molecule has 8 heteroatoms. The molecule has 2 heterocycles. The van der Waals surface area contributed by atoms with Gasteiger partial charge in [0.25, 0.3) is 5.91 Å². The van der Waals surface area contributed by atoms with E-state index in [1.165, 1.54) is 12.8 Å². The molecule has 3 rings (SSSR count). The zero-order chi connectivity index (χ0) is 13.9. The van der Waals surface area contributed by atoms with Gasteiger partial charge in [0.2, 0.25) is 5.91 Å². The van der Waals surface area contributed by atoms with Crippen LogP contribution in [-0.2, 0) is 17.8 Å². The van der Waals surface area contributed by atoms with Crippen LogP contribution in [0.4, 0.5) is 0 Å². The molecule has 0 aromatic carbocycles. The molecule has 7 nitrogen and oxygen atoms in total. The SMILES string of the molecule is Cl.O=C(CNC(=O)c1n[nH]c2c1CNCC2)NCC1CC1. The lowest BCUT2D eigenvalue weighted by Gasteiger charge is -2.12. The number of halogens is 1. The number of carbonyl (C=O) groups is 2. The molecular weight excluding hydrogens is 294 g/mol. The first-order chi connectivity index (χ1) is 9.74. The summed E-state index contributed by atoms with van der Waals surface area (Å²) in [6, 6.07) is 0. The fourth-order valence-corrected chi connectivity index (χ4v) is 2.30. The van der Waals surface area contributed by atoms with Gasteiger partial charge >= 0.3 is 0 Å². The monoisotopic (exact) mass is 313 g/mol. The lowest BCUT2D eigenvalue weighted by Crippen LogP contribution is -2.38. The number of H-pyrrole nitrogens is 1. The summed E-state index contributed by atoms with van der Waals surface area (Å²) >= 11 is 0. The number of aromatic amines is 1. The number of amides is 2. The molecule has 1 aliphatic heterocycles. The van der Waals surface area contributed by atoms with Crippen molar-refractivity contribution in [1.82, 2.24) is 26.1 Å². The molecular formula is C13H20ClN5O2. The van der Waals surface area contributed by atoms with Gasteiger partial charge in [-0.15, -0.1) is 12.4 Å². The fraction of sp³-hybridized carbons (Fsp3) is 0.615. The molecule has 21 heavy (non-hydrogen) atoms. The van der Waals surface area contributed by atoms with E-state index < -0.39 is 0 Å².